The van der Waals surface area contributed by atoms with Gasteiger partial charge in [-0.2, -0.15) is 0 Å². The van der Waals surface area contributed by atoms with Crippen LogP contribution in [0.25, 0.3) is 0 Å². The van der Waals surface area contributed by atoms with Gasteiger partial charge in [-0.1, -0.05) is 30.3 Å². The Morgan fingerprint density at radius 2 is 2.33 bits per heavy atom. The van der Waals surface area contributed by atoms with Gasteiger partial charge in [0.2, 0.25) is 5.91 Å². The van der Waals surface area contributed by atoms with Gasteiger partial charge in [0.1, 0.15) is 0 Å². The third-order valence-corrected chi connectivity index (χ3v) is 5.35. The highest BCUT2D eigenvalue weighted by atomic mass is 35.5. The van der Waals surface area contributed by atoms with Crippen molar-refractivity contribution < 1.29 is 4.79 Å². The number of anilines is 1. The van der Waals surface area contributed by atoms with Crippen LogP contribution in [0.2, 0.25) is 5.02 Å². The molecule has 1 aromatic carbocycles. The number of nitrogens with one attached hydrogen (secondary N) is 1. The zero-order chi connectivity index (χ0) is 15.4. The number of carbonyl (C=O) groups excluding carboxylic acids is 1. The molecule has 0 spiro atoms. The second-order valence-electron chi connectivity index (χ2n) is 4.63. The first-order valence-corrected chi connectivity index (χ1v) is 8.47. The summed E-state index contributed by atoms with van der Waals surface area (Å²) in [6, 6.07) is 5.45. The molecular weight excluding hydrogens is 326 g/mol. The van der Waals surface area contributed by atoms with E-state index >= 15 is 0 Å². The number of amides is 1. The van der Waals surface area contributed by atoms with E-state index in [2.05, 4.69) is 10.3 Å². The van der Waals surface area contributed by atoms with E-state index in [1.165, 1.54) is 11.8 Å². The van der Waals surface area contributed by atoms with Gasteiger partial charge in [0.25, 0.3) is 0 Å². The second kappa shape index (κ2) is 7.26. The minimum Gasteiger partial charge on any atom is -0.330 e. The molecule has 0 saturated heterocycles. The first-order valence-electron chi connectivity index (χ1n) is 6.40. The number of aryl methyl sites for hydroxylation is 1. The lowest BCUT2D eigenvalue weighted by atomic mass is 10.1. The molecule has 112 valence electrons. The Hall–Kier alpha value is -1.08. The standard InChI is InChI=1S/C14H16ClN3OS2/c1-8(6-16)13(19)18-10-3-4-12(11(15)5-10)21-14-17-9(2)7-20-14/h3-5,7-8H,6,16H2,1-2H3,(H,18,19). The Kier molecular flexibility index (Phi) is 5.64. The Balaban J connectivity index is 2.08. The van der Waals surface area contributed by atoms with E-state index in [0.717, 1.165) is 14.9 Å². The Bertz CT molecular complexity index is 645. The summed E-state index contributed by atoms with van der Waals surface area (Å²) in [5, 5.41) is 5.39. The first kappa shape index (κ1) is 16.3. The molecule has 1 amide bonds. The first-order chi connectivity index (χ1) is 9.99. The smallest absolute Gasteiger partial charge is 0.228 e. The number of nitrogens with zero attached hydrogens (tertiary/aromatic N) is 1. The van der Waals surface area contributed by atoms with Crippen molar-refractivity contribution in [2.75, 3.05) is 11.9 Å². The normalized spacial score (nSPS) is 12.2. The van der Waals surface area contributed by atoms with Crippen LogP contribution in [0.3, 0.4) is 0 Å². The van der Waals surface area contributed by atoms with Crippen molar-refractivity contribution in [1.82, 2.24) is 4.98 Å². The van der Waals surface area contributed by atoms with Crippen LogP contribution in [0.1, 0.15) is 12.6 Å². The van der Waals surface area contributed by atoms with Crippen LogP contribution in [-0.4, -0.2) is 17.4 Å². The number of benzene rings is 1. The maximum Gasteiger partial charge on any atom is 0.228 e. The predicted octanol–water partition coefficient (Wildman–Crippen LogP) is 3.79. The molecule has 0 aliphatic heterocycles. The van der Waals surface area contributed by atoms with E-state index in [-0.39, 0.29) is 11.8 Å². The number of hydrogen-bond acceptors (Lipinski definition) is 5. The molecule has 7 heteroatoms. The van der Waals surface area contributed by atoms with Gasteiger partial charge in [-0.3, -0.25) is 4.79 Å². The lowest BCUT2D eigenvalue weighted by molar-refractivity contribution is -0.119. The molecule has 1 aromatic heterocycles. The molecule has 0 radical (unpaired) electrons. The van der Waals surface area contributed by atoms with Crippen molar-refractivity contribution in [2.45, 2.75) is 23.1 Å². The minimum absolute atomic E-state index is 0.107. The molecule has 2 rings (SSSR count). The molecule has 1 unspecified atom stereocenters. The molecule has 4 nitrogen and oxygen atoms in total. The van der Waals surface area contributed by atoms with Gasteiger partial charge in [-0.15, -0.1) is 11.3 Å². The Labute approximate surface area is 137 Å². The molecule has 0 fully saturated rings. The van der Waals surface area contributed by atoms with Gasteiger partial charge in [0.05, 0.1) is 5.02 Å². The Morgan fingerprint density at radius 3 is 2.90 bits per heavy atom. The van der Waals surface area contributed by atoms with Crippen LogP contribution in [0.5, 0.6) is 0 Å². The van der Waals surface area contributed by atoms with Gasteiger partial charge in [0.15, 0.2) is 4.34 Å². The molecule has 0 bridgehead atoms. The van der Waals surface area contributed by atoms with Crippen molar-refractivity contribution in [3.8, 4) is 0 Å². The largest absolute Gasteiger partial charge is 0.330 e. The van der Waals surface area contributed by atoms with Crippen molar-refractivity contribution >= 4 is 46.3 Å². The molecule has 2 aromatic rings. The van der Waals surface area contributed by atoms with Crippen LogP contribution in [0.15, 0.2) is 32.8 Å². The minimum atomic E-state index is -0.226. The zero-order valence-electron chi connectivity index (χ0n) is 11.7. The van der Waals surface area contributed by atoms with Crippen LogP contribution >= 0.6 is 34.7 Å². The number of thiazole rings is 1. The predicted molar refractivity (Wildman–Crippen MR) is 89.3 cm³/mol. The molecule has 0 aliphatic carbocycles. The maximum absolute atomic E-state index is 11.8. The van der Waals surface area contributed by atoms with E-state index < -0.39 is 0 Å². The number of hydrogen-bond donors (Lipinski definition) is 2. The van der Waals surface area contributed by atoms with E-state index in [9.17, 15) is 4.79 Å². The third-order valence-electron chi connectivity index (χ3n) is 2.80. The summed E-state index contributed by atoms with van der Waals surface area (Å²) in [5.74, 6) is -0.333. The summed E-state index contributed by atoms with van der Waals surface area (Å²) in [5.41, 5.74) is 7.14. The van der Waals surface area contributed by atoms with Crippen LogP contribution in [0.4, 0.5) is 5.69 Å². The summed E-state index contributed by atoms with van der Waals surface area (Å²) in [6.45, 7) is 4.06. The maximum atomic E-state index is 11.8. The van der Waals surface area contributed by atoms with Gasteiger partial charge >= 0.3 is 0 Å². The van der Waals surface area contributed by atoms with E-state index in [0.29, 0.717) is 17.3 Å². The van der Waals surface area contributed by atoms with E-state index in [4.69, 9.17) is 17.3 Å². The second-order valence-corrected chi connectivity index (χ2v) is 7.18. The SMILES string of the molecule is Cc1csc(Sc2ccc(NC(=O)C(C)CN)cc2Cl)n1. The van der Waals surface area contributed by atoms with Crippen LogP contribution < -0.4 is 11.1 Å². The van der Waals surface area contributed by atoms with Gasteiger partial charge < -0.3 is 11.1 Å². The van der Waals surface area contributed by atoms with E-state index in [1.54, 1.807) is 24.3 Å². The van der Waals surface area contributed by atoms with Crippen LogP contribution in [-0.2, 0) is 4.79 Å². The fourth-order valence-electron chi connectivity index (χ4n) is 1.51. The van der Waals surface area contributed by atoms with Crippen molar-refractivity contribution in [2.24, 2.45) is 11.7 Å². The van der Waals surface area contributed by atoms with Gasteiger partial charge in [0, 0.05) is 34.1 Å². The molecule has 21 heavy (non-hydrogen) atoms. The highest BCUT2D eigenvalue weighted by Gasteiger charge is 2.12. The average molecular weight is 342 g/mol. The molecule has 3 N–H and O–H groups in total. The van der Waals surface area contributed by atoms with Crippen molar-refractivity contribution in [3.63, 3.8) is 0 Å². The fourth-order valence-corrected chi connectivity index (χ4v) is 3.60. The van der Waals surface area contributed by atoms with Crippen molar-refractivity contribution in [3.05, 3.63) is 34.3 Å². The lowest BCUT2D eigenvalue weighted by Crippen LogP contribution is -2.26. The summed E-state index contributed by atoms with van der Waals surface area (Å²) in [6.07, 6.45) is 0. The number of rotatable bonds is 5. The number of carbonyl (C=O) groups is 1. The summed E-state index contributed by atoms with van der Waals surface area (Å²) < 4.78 is 0.947. The summed E-state index contributed by atoms with van der Waals surface area (Å²) >= 11 is 9.36. The molecule has 0 saturated carbocycles. The monoisotopic (exact) mass is 341 g/mol. The fraction of sp³-hybridized carbons (Fsp3) is 0.286. The topological polar surface area (TPSA) is 68.0 Å². The number of halogens is 1. The summed E-state index contributed by atoms with van der Waals surface area (Å²) in [7, 11) is 0. The lowest BCUT2D eigenvalue weighted by Gasteiger charge is -2.11. The van der Waals surface area contributed by atoms with E-state index in [1.807, 2.05) is 24.4 Å². The van der Waals surface area contributed by atoms with Crippen molar-refractivity contribution in [1.29, 1.82) is 0 Å². The number of nitrogens with two attached hydrogens (primary N) is 1. The Morgan fingerprint density at radius 1 is 1.57 bits per heavy atom. The molecule has 1 heterocycles. The highest BCUT2D eigenvalue weighted by Crippen LogP contribution is 2.36. The number of aromatic nitrogens is 1. The van der Waals surface area contributed by atoms with Crippen LogP contribution in [0, 0.1) is 12.8 Å². The molecule has 0 aliphatic rings. The van der Waals surface area contributed by atoms with Gasteiger partial charge in [-0.05, 0) is 25.1 Å². The molecular formula is C14H16ClN3OS2. The van der Waals surface area contributed by atoms with Gasteiger partial charge in [-0.25, -0.2) is 4.98 Å². The third kappa shape index (κ3) is 4.44. The zero-order valence-corrected chi connectivity index (χ0v) is 14.1. The average Bonchev–Trinajstić information content (AvgIpc) is 2.86. The quantitative estimate of drug-likeness (QED) is 0.868. The highest BCUT2D eigenvalue weighted by molar-refractivity contribution is 8.01. The molecule has 1 atom stereocenters. The summed E-state index contributed by atoms with van der Waals surface area (Å²) in [4.78, 5) is 17.1.